The third kappa shape index (κ3) is 3.48. The molecule has 0 fully saturated rings. The van der Waals surface area contributed by atoms with Crippen molar-refractivity contribution in [2.24, 2.45) is 0 Å². The van der Waals surface area contributed by atoms with Crippen LogP contribution in [0.5, 0.6) is 0 Å². The van der Waals surface area contributed by atoms with E-state index in [1.54, 1.807) is 0 Å². The number of hydrogen-bond donors (Lipinski definition) is 1. The van der Waals surface area contributed by atoms with Gasteiger partial charge in [0.1, 0.15) is 0 Å². The van der Waals surface area contributed by atoms with E-state index < -0.39 is 0 Å². The molecule has 0 aliphatic rings. The molecule has 2 aromatic rings. The second-order valence-corrected chi connectivity index (χ2v) is 5.95. The van der Waals surface area contributed by atoms with Crippen LogP contribution in [0.3, 0.4) is 0 Å². The molecule has 0 saturated heterocycles. The normalized spacial score (nSPS) is 11.9. The van der Waals surface area contributed by atoms with Crippen molar-refractivity contribution in [3.8, 4) is 0 Å². The molecule has 0 aromatic heterocycles. The minimum absolute atomic E-state index is 0.116. The van der Waals surface area contributed by atoms with Crippen molar-refractivity contribution in [3.05, 3.63) is 63.2 Å². The molecule has 19 heavy (non-hydrogen) atoms. The van der Waals surface area contributed by atoms with E-state index >= 15 is 0 Å². The third-order valence-corrected chi connectivity index (χ3v) is 3.93. The summed E-state index contributed by atoms with van der Waals surface area (Å²) in [7, 11) is 0. The molecule has 2 nitrogen and oxygen atoms in total. The van der Waals surface area contributed by atoms with Crippen LogP contribution in [0.25, 0.3) is 0 Å². The van der Waals surface area contributed by atoms with Crippen molar-refractivity contribution in [2.45, 2.75) is 12.3 Å². The number of benzene rings is 2. The Labute approximate surface area is 131 Å². The second kappa shape index (κ2) is 6.39. The summed E-state index contributed by atoms with van der Waals surface area (Å²) in [6.45, 7) is 1.89. The monoisotopic (exact) mass is 385 g/mol. The van der Waals surface area contributed by atoms with Crippen molar-refractivity contribution in [1.29, 1.82) is 0 Å². The Hall–Kier alpha value is -1.07. The fourth-order valence-corrected chi connectivity index (χ4v) is 2.62. The summed E-state index contributed by atoms with van der Waals surface area (Å²) < 4.78 is 0.925. The van der Waals surface area contributed by atoms with Gasteiger partial charge in [0.2, 0.25) is 0 Å². The number of para-hydroxylation sites is 1. The molecule has 1 amide bonds. The molecule has 0 bridgehead atoms. The van der Waals surface area contributed by atoms with E-state index in [4.69, 9.17) is 11.6 Å². The summed E-state index contributed by atoms with van der Waals surface area (Å²) in [5.41, 5.74) is 2.35. The van der Waals surface area contributed by atoms with E-state index in [1.165, 1.54) is 0 Å². The SMILES string of the molecule is CC(Cl)c1ccccc1NC(=O)c1ccccc1I. The van der Waals surface area contributed by atoms with Crippen LogP contribution < -0.4 is 5.32 Å². The molecule has 0 aliphatic carbocycles. The zero-order valence-corrected chi connectivity index (χ0v) is 13.3. The first kappa shape index (κ1) is 14.3. The van der Waals surface area contributed by atoms with Gasteiger partial charge in [0.25, 0.3) is 5.91 Å². The van der Waals surface area contributed by atoms with Gasteiger partial charge in [0.05, 0.1) is 10.9 Å². The van der Waals surface area contributed by atoms with Gasteiger partial charge in [-0.2, -0.15) is 0 Å². The Morgan fingerprint density at radius 1 is 1.16 bits per heavy atom. The number of hydrogen-bond acceptors (Lipinski definition) is 1. The highest BCUT2D eigenvalue weighted by Gasteiger charge is 2.13. The highest BCUT2D eigenvalue weighted by Crippen LogP contribution is 2.27. The first-order valence-corrected chi connectivity index (χ1v) is 7.40. The summed E-state index contributed by atoms with van der Waals surface area (Å²) >= 11 is 8.27. The number of amides is 1. The van der Waals surface area contributed by atoms with Crippen LogP contribution >= 0.6 is 34.2 Å². The number of nitrogens with one attached hydrogen (secondary N) is 1. The van der Waals surface area contributed by atoms with Crippen molar-refractivity contribution in [1.82, 2.24) is 0 Å². The smallest absolute Gasteiger partial charge is 0.256 e. The standard InChI is InChI=1S/C15H13ClINO/c1-10(16)11-6-3-5-9-14(11)18-15(19)12-7-2-4-8-13(12)17/h2-10H,1H3,(H,18,19). The van der Waals surface area contributed by atoms with Gasteiger partial charge in [-0.05, 0) is 53.3 Å². The molecule has 0 saturated carbocycles. The van der Waals surface area contributed by atoms with Crippen LogP contribution in [-0.4, -0.2) is 5.91 Å². The first-order valence-electron chi connectivity index (χ1n) is 5.88. The Morgan fingerprint density at radius 2 is 1.79 bits per heavy atom. The minimum Gasteiger partial charge on any atom is -0.322 e. The lowest BCUT2D eigenvalue weighted by Gasteiger charge is -2.13. The lowest BCUT2D eigenvalue weighted by atomic mass is 10.1. The zero-order chi connectivity index (χ0) is 13.8. The number of rotatable bonds is 3. The average Bonchev–Trinajstić information content (AvgIpc) is 2.39. The summed E-state index contributed by atoms with van der Waals surface area (Å²) in [5, 5.41) is 2.77. The molecular formula is C15H13ClINO. The Balaban J connectivity index is 2.27. The van der Waals surface area contributed by atoms with Gasteiger partial charge in [-0.1, -0.05) is 30.3 Å². The van der Waals surface area contributed by atoms with Crippen LogP contribution in [0.4, 0.5) is 5.69 Å². The zero-order valence-electron chi connectivity index (χ0n) is 10.4. The average molecular weight is 386 g/mol. The van der Waals surface area contributed by atoms with E-state index in [9.17, 15) is 4.79 Å². The van der Waals surface area contributed by atoms with Crippen LogP contribution in [0.2, 0.25) is 0 Å². The molecule has 2 rings (SSSR count). The molecule has 1 N–H and O–H groups in total. The van der Waals surface area contributed by atoms with E-state index in [0.29, 0.717) is 5.56 Å². The Bertz CT molecular complexity index is 598. The van der Waals surface area contributed by atoms with Gasteiger partial charge < -0.3 is 5.32 Å². The largest absolute Gasteiger partial charge is 0.322 e. The van der Waals surface area contributed by atoms with Crippen molar-refractivity contribution in [3.63, 3.8) is 0 Å². The predicted octanol–water partition coefficient (Wildman–Crippen LogP) is 4.84. The quantitative estimate of drug-likeness (QED) is 0.594. The molecular weight excluding hydrogens is 373 g/mol. The highest BCUT2D eigenvalue weighted by atomic mass is 127. The number of alkyl halides is 1. The Morgan fingerprint density at radius 3 is 2.47 bits per heavy atom. The number of carbonyl (C=O) groups is 1. The van der Waals surface area contributed by atoms with Gasteiger partial charge in [-0.15, -0.1) is 11.6 Å². The maximum Gasteiger partial charge on any atom is 0.256 e. The molecule has 1 unspecified atom stereocenters. The second-order valence-electron chi connectivity index (χ2n) is 4.14. The van der Waals surface area contributed by atoms with E-state index in [1.807, 2.05) is 55.5 Å². The van der Waals surface area contributed by atoms with Crippen molar-refractivity contribution < 1.29 is 4.79 Å². The van der Waals surface area contributed by atoms with Gasteiger partial charge in [0, 0.05) is 9.26 Å². The highest BCUT2D eigenvalue weighted by molar-refractivity contribution is 14.1. The summed E-state index contributed by atoms with van der Waals surface area (Å²) in [6, 6.07) is 15.1. The van der Waals surface area contributed by atoms with Crippen LogP contribution in [0.15, 0.2) is 48.5 Å². The topological polar surface area (TPSA) is 29.1 Å². The minimum atomic E-state index is -0.147. The lowest BCUT2D eigenvalue weighted by molar-refractivity contribution is 0.102. The molecule has 0 spiro atoms. The molecule has 2 aromatic carbocycles. The molecule has 0 aliphatic heterocycles. The number of carbonyl (C=O) groups excluding carboxylic acids is 1. The molecule has 98 valence electrons. The Kier molecular flexibility index (Phi) is 4.82. The fraction of sp³-hybridized carbons (Fsp3) is 0.133. The molecule has 0 heterocycles. The van der Waals surface area contributed by atoms with Gasteiger partial charge >= 0.3 is 0 Å². The summed E-state index contributed by atoms with van der Waals surface area (Å²) in [6.07, 6.45) is 0. The van der Waals surface area contributed by atoms with Crippen molar-refractivity contribution in [2.75, 3.05) is 5.32 Å². The maximum atomic E-state index is 12.3. The summed E-state index contributed by atoms with van der Waals surface area (Å²) in [4.78, 5) is 12.3. The third-order valence-electron chi connectivity index (χ3n) is 2.76. The number of halogens is 2. The van der Waals surface area contributed by atoms with Crippen LogP contribution in [0.1, 0.15) is 28.2 Å². The predicted molar refractivity (Wildman–Crippen MR) is 87.8 cm³/mol. The van der Waals surface area contributed by atoms with Crippen LogP contribution in [-0.2, 0) is 0 Å². The lowest BCUT2D eigenvalue weighted by Crippen LogP contribution is -2.14. The maximum absolute atomic E-state index is 12.3. The van der Waals surface area contributed by atoms with Gasteiger partial charge in [0.15, 0.2) is 0 Å². The van der Waals surface area contributed by atoms with E-state index in [0.717, 1.165) is 14.8 Å². The van der Waals surface area contributed by atoms with Crippen molar-refractivity contribution >= 4 is 45.8 Å². The van der Waals surface area contributed by atoms with Gasteiger partial charge in [-0.3, -0.25) is 4.79 Å². The fourth-order valence-electron chi connectivity index (χ4n) is 1.79. The van der Waals surface area contributed by atoms with E-state index in [-0.39, 0.29) is 11.3 Å². The number of anilines is 1. The van der Waals surface area contributed by atoms with E-state index in [2.05, 4.69) is 27.9 Å². The van der Waals surface area contributed by atoms with Gasteiger partial charge in [-0.25, -0.2) is 0 Å². The van der Waals surface area contributed by atoms with Crippen LogP contribution in [0, 0.1) is 3.57 Å². The first-order chi connectivity index (χ1) is 9.09. The summed E-state index contributed by atoms with van der Waals surface area (Å²) in [5.74, 6) is -0.116. The molecule has 4 heteroatoms. The molecule has 1 atom stereocenters. The molecule has 0 radical (unpaired) electrons.